The van der Waals surface area contributed by atoms with Gasteiger partial charge in [0.05, 0.1) is 0 Å². The van der Waals surface area contributed by atoms with Gasteiger partial charge in [0.25, 0.3) is 5.91 Å². The average molecular weight is 388 g/mol. The van der Waals surface area contributed by atoms with Crippen LogP contribution in [0.15, 0.2) is 18.2 Å². The monoisotopic (exact) mass is 388 g/mol. The first-order valence-corrected chi connectivity index (χ1v) is 9.42. The number of urea groups is 1. The van der Waals surface area contributed by atoms with Crippen LogP contribution in [0.4, 0.5) is 4.79 Å². The number of fused-ring (bicyclic) bond motifs is 1. The molecule has 2 fully saturated rings. The maximum Gasteiger partial charge on any atom is 0.331 e. The van der Waals surface area contributed by atoms with Crippen molar-refractivity contribution >= 4 is 17.9 Å². The topological polar surface area (TPSA) is 94.2 Å². The Bertz CT molecular complexity index is 851. The van der Waals surface area contributed by atoms with E-state index in [2.05, 4.69) is 26.1 Å². The quantitative estimate of drug-likeness (QED) is 0.486. The summed E-state index contributed by atoms with van der Waals surface area (Å²) in [6.45, 7) is 5.96. The third kappa shape index (κ3) is 3.27. The van der Waals surface area contributed by atoms with E-state index in [9.17, 15) is 14.4 Å². The van der Waals surface area contributed by atoms with Gasteiger partial charge in [0.2, 0.25) is 6.79 Å². The molecule has 4 rings (SSSR count). The van der Waals surface area contributed by atoms with Gasteiger partial charge < -0.3 is 19.5 Å². The number of imide groups is 1. The zero-order chi connectivity index (χ0) is 20.1. The summed E-state index contributed by atoms with van der Waals surface area (Å²) in [6, 6.07) is 4.21. The highest BCUT2D eigenvalue weighted by Gasteiger charge is 2.56. The highest BCUT2D eigenvalue weighted by Crippen LogP contribution is 2.46. The second-order valence-corrected chi connectivity index (χ2v) is 8.75. The molecule has 1 N–H and O–H groups in total. The molecule has 3 aliphatic rings. The van der Waals surface area contributed by atoms with Crippen molar-refractivity contribution in [2.24, 2.45) is 11.3 Å². The second-order valence-electron chi connectivity index (χ2n) is 8.75. The lowest BCUT2D eigenvalue weighted by Crippen LogP contribution is -2.54. The largest absolute Gasteiger partial charge is 0.454 e. The summed E-state index contributed by atoms with van der Waals surface area (Å²) in [5.74, 6) is 0.585. The van der Waals surface area contributed by atoms with Gasteiger partial charge in [-0.1, -0.05) is 20.8 Å². The Morgan fingerprint density at radius 1 is 1.25 bits per heavy atom. The van der Waals surface area contributed by atoms with Crippen LogP contribution in [0.2, 0.25) is 0 Å². The molecule has 2 atom stereocenters. The van der Waals surface area contributed by atoms with Gasteiger partial charge in [-0.3, -0.25) is 9.69 Å². The molecule has 2 aliphatic heterocycles. The van der Waals surface area contributed by atoms with Crippen molar-refractivity contribution in [3.8, 4) is 17.2 Å². The minimum atomic E-state index is -0.933. The van der Waals surface area contributed by atoms with Crippen molar-refractivity contribution in [1.82, 2.24) is 10.2 Å². The summed E-state index contributed by atoms with van der Waals surface area (Å²) in [5, 5.41) is 2.85. The standard InChI is InChI=1S/C20H24N2O6/c1-12-7-19(2,3)10-20(8-12)17(24)22(18(25)21-20)9-16(23)28-13-4-5-14-15(6-13)27-11-26-14/h4-6,12H,7-11H2,1-3H3,(H,21,25)/t12-,20+/m1/s1. The number of hydrogen-bond acceptors (Lipinski definition) is 6. The van der Waals surface area contributed by atoms with E-state index in [1.54, 1.807) is 18.2 Å². The van der Waals surface area contributed by atoms with Crippen molar-refractivity contribution in [2.45, 2.75) is 45.6 Å². The molecule has 3 amide bonds. The molecule has 1 saturated heterocycles. The number of benzene rings is 1. The highest BCUT2D eigenvalue weighted by molar-refractivity contribution is 6.08. The number of ether oxygens (including phenoxy) is 3. The lowest BCUT2D eigenvalue weighted by atomic mass is 9.64. The molecule has 1 spiro atoms. The SMILES string of the molecule is C[C@@H]1CC(C)(C)C[C@]2(C1)NC(=O)N(CC(=O)Oc1ccc3c(c1)OCO3)C2=O. The molecular formula is C20H24N2O6. The summed E-state index contributed by atoms with van der Waals surface area (Å²) in [4.78, 5) is 38.8. The first-order chi connectivity index (χ1) is 13.2. The second kappa shape index (κ2) is 6.39. The number of esters is 1. The number of nitrogens with one attached hydrogen (secondary N) is 1. The average Bonchev–Trinajstić information content (AvgIpc) is 3.11. The van der Waals surface area contributed by atoms with Crippen molar-refractivity contribution in [2.75, 3.05) is 13.3 Å². The lowest BCUT2D eigenvalue weighted by molar-refractivity contribution is -0.142. The molecule has 2 heterocycles. The van der Waals surface area contributed by atoms with Crippen molar-refractivity contribution in [3.63, 3.8) is 0 Å². The molecule has 0 aromatic heterocycles. The number of carbonyl (C=O) groups is 3. The molecular weight excluding hydrogens is 364 g/mol. The Hall–Kier alpha value is -2.77. The molecule has 1 aromatic rings. The van der Waals surface area contributed by atoms with Crippen molar-refractivity contribution in [1.29, 1.82) is 0 Å². The Labute approximate surface area is 163 Å². The van der Waals surface area contributed by atoms with Crippen LogP contribution in [0, 0.1) is 11.3 Å². The van der Waals surface area contributed by atoms with Crippen LogP contribution in [0.5, 0.6) is 17.2 Å². The predicted octanol–water partition coefficient (Wildman–Crippen LogP) is 2.46. The van der Waals surface area contributed by atoms with Crippen LogP contribution >= 0.6 is 0 Å². The molecule has 0 radical (unpaired) electrons. The van der Waals surface area contributed by atoms with Crippen LogP contribution in [0.1, 0.15) is 40.0 Å². The van der Waals surface area contributed by atoms with Gasteiger partial charge in [-0.05, 0) is 42.7 Å². The molecule has 0 bridgehead atoms. The molecule has 1 aliphatic carbocycles. The van der Waals surface area contributed by atoms with Gasteiger partial charge in [0, 0.05) is 6.07 Å². The van der Waals surface area contributed by atoms with Gasteiger partial charge >= 0.3 is 12.0 Å². The van der Waals surface area contributed by atoms with Crippen LogP contribution in [0.25, 0.3) is 0 Å². The maximum absolute atomic E-state index is 13.1. The van der Waals surface area contributed by atoms with Gasteiger partial charge in [0.15, 0.2) is 11.5 Å². The zero-order valence-corrected chi connectivity index (χ0v) is 16.2. The van der Waals surface area contributed by atoms with E-state index in [1.807, 2.05) is 0 Å². The minimum Gasteiger partial charge on any atom is -0.454 e. The lowest BCUT2D eigenvalue weighted by Gasteiger charge is -2.43. The summed E-state index contributed by atoms with van der Waals surface area (Å²) in [6.07, 6.45) is 2.13. The number of hydrogen-bond donors (Lipinski definition) is 1. The molecule has 1 saturated carbocycles. The van der Waals surface area contributed by atoms with Crippen molar-refractivity contribution in [3.05, 3.63) is 18.2 Å². The third-order valence-corrected chi connectivity index (χ3v) is 5.49. The van der Waals surface area contributed by atoms with Gasteiger partial charge in [-0.25, -0.2) is 9.59 Å². The summed E-state index contributed by atoms with van der Waals surface area (Å²) < 4.78 is 15.8. The van der Waals surface area contributed by atoms with E-state index in [0.29, 0.717) is 30.3 Å². The fraction of sp³-hybridized carbons (Fsp3) is 0.550. The predicted molar refractivity (Wildman–Crippen MR) is 98.0 cm³/mol. The third-order valence-electron chi connectivity index (χ3n) is 5.49. The smallest absolute Gasteiger partial charge is 0.331 e. The fourth-order valence-corrected chi connectivity index (χ4v) is 4.88. The summed E-state index contributed by atoms with van der Waals surface area (Å²) in [5.41, 5.74) is -0.999. The summed E-state index contributed by atoms with van der Waals surface area (Å²) >= 11 is 0. The number of carbonyl (C=O) groups excluding carboxylic acids is 3. The highest BCUT2D eigenvalue weighted by atomic mass is 16.7. The number of amides is 3. The molecule has 8 heteroatoms. The molecule has 1 aromatic carbocycles. The van der Waals surface area contributed by atoms with Crippen LogP contribution in [-0.4, -0.2) is 41.7 Å². The van der Waals surface area contributed by atoms with Gasteiger partial charge in [-0.15, -0.1) is 0 Å². The van der Waals surface area contributed by atoms with Crippen LogP contribution in [0.3, 0.4) is 0 Å². The Kier molecular flexibility index (Phi) is 4.24. The first kappa shape index (κ1) is 18.6. The van der Waals surface area contributed by atoms with Crippen LogP contribution in [-0.2, 0) is 9.59 Å². The van der Waals surface area contributed by atoms with Crippen molar-refractivity contribution < 1.29 is 28.6 Å². The molecule has 28 heavy (non-hydrogen) atoms. The molecule has 8 nitrogen and oxygen atoms in total. The van der Waals surface area contributed by atoms with E-state index in [-0.39, 0.29) is 23.9 Å². The Morgan fingerprint density at radius 3 is 2.75 bits per heavy atom. The van der Waals surface area contributed by atoms with E-state index in [1.165, 1.54) is 0 Å². The fourth-order valence-electron chi connectivity index (χ4n) is 4.88. The van der Waals surface area contributed by atoms with E-state index in [0.717, 1.165) is 11.3 Å². The minimum absolute atomic E-state index is 0.0659. The Balaban J connectivity index is 1.45. The molecule has 150 valence electrons. The summed E-state index contributed by atoms with van der Waals surface area (Å²) in [7, 11) is 0. The van der Waals surface area contributed by atoms with E-state index in [4.69, 9.17) is 14.2 Å². The number of nitrogens with zero attached hydrogens (tertiary/aromatic N) is 1. The normalized spacial score (nSPS) is 27.8. The molecule has 0 unspecified atom stereocenters. The van der Waals surface area contributed by atoms with E-state index < -0.39 is 24.1 Å². The van der Waals surface area contributed by atoms with E-state index >= 15 is 0 Å². The number of rotatable bonds is 3. The van der Waals surface area contributed by atoms with Gasteiger partial charge in [0.1, 0.15) is 17.8 Å². The van der Waals surface area contributed by atoms with Gasteiger partial charge in [-0.2, -0.15) is 0 Å². The first-order valence-electron chi connectivity index (χ1n) is 9.42. The maximum atomic E-state index is 13.1. The van der Waals surface area contributed by atoms with Crippen LogP contribution < -0.4 is 19.5 Å². The zero-order valence-electron chi connectivity index (χ0n) is 16.2. The Morgan fingerprint density at radius 2 is 2.00 bits per heavy atom.